The first-order chi connectivity index (χ1) is 12.4. The highest BCUT2D eigenvalue weighted by Gasteiger charge is 2.29. The molecular formula is C17H18N4O3S2. The number of fused-ring (bicyclic) bond motifs is 1. The van der Waals surface area contributed by atoms with Crippen molar-refractivity contribution in [1.82, 2.24) is 14.9 Å². The molecule has 0 aliphatic carbocycles. The van der Waals surface area contributed by atoms with Crippen LogP contribution in [0, 0.1) is 5.92 Å². The lowest BCUT2D eigenvalue weighted by atomic mass is 10.1. The molecule has 26 heavy (non-hydrogen) atoms. The van der Waals surface area contributed by atoms with Gasteiger partial charge in [-0.05, 0) is 28.8 Å². The number of anilines is 1. The topological polar surface area (TPSA) is 101 Å². The number of carbonyl (C=O) groups excluding carboxylic acids is 1. The third kappa shape index (κ3) is 4.06. The van der Waals surface area contributed by atoms with Crippen molar-refractivity contribution in [3.05, 3.63) is 48.0 Å². The van der Waals surface area contributed by atoms with E-state index in [1.165, 1.54) is 11.6 Å². The molecule has 0 saturated heterocycles. The number of nitrogens with zero attached hydrogens (tertiary/aromatic N) is 2. The predicted molar refractivity (Wildman–Crippen MR) is 101 cm³/mol. The Balaban J connectivity index is 1.85. The van der Waals surface area contributed by atoms with Crippen LogP contribution in [0.4, 0.5) is 5.13 Å². The van der Waals surface area contributed by atoms with Crippen molar-refractivity contribution in [3.63, 3.8) is 0 Å². The molecule has 0 spiro atoms. The van der Waals surface area contributed by atoms with Crippen molar-refractivity contribution in [3.8, 4) is 0 Å². The Bertz CT molecular complexity index is 1020. The van der Waals surface area contributed by atoms with Crippen molar-refractivity contribution >= 4 is 43.2 Å². The molecule has 1 unspecified atom stereocenters. The van der Waals surface area contributed by atoms with E-state index in [0.29, 0.717) is 5.13 Å². The van der Waals surface area contributed by atoms with Crippen LogP contribution in [0.1, 0.15) is 13.8 Å². The molecule has 0 aliphatic rings. The fourth-order valence-electron chi connectivity index (χ4n) is 2.47. The van der Waals surface area contributed by atoms with Crippen LogP contribution in [0.25, 0.3) is 10.8 Å². The van der Waals surface area contributed by atoms with Gasteiger partial charge >= 0.3 is 0 Å². The van der Waals surface area contributed by atoms with Crippen LogP contribution in [-0.4, -0.2) is 30.6 Å². The van der Waals surface area contributed by atoms with Crippen molar-refractivity contribution < 1.29 is 13.2 Å². The summed E-state index contributed by atoms with van der Waals surface area (Å²) >= 11 is 1.16. The number of hydrogen-bond donors (Lipinski definition) is 2. The Hall–Kier alpha value is -2.36. The fourth-order valence-corrected chi connectivity index (χ4v) is 4.30. The van der Waals surface area contributed by atoms with Crippen molar-refractivity contribution in [1.29, 1.82) is 0 Å². The quantitative estimate of drug-likeness (QED) is 0.674. The SMILES string of the molecule is CC(C)C(NS(=O)(=O)c1ccc2ccccc2c1)C(=O)Nc1nncs1. The average Bonchev–Trinajstić information content (AvgIpc) is 3.12. The monoisotopic (exact) mass is 390 g/mol. The minimum Gasteiger partial charge on any atom is -0.299 e. The van der Waals surface area contributed by atoms with Gasteiger partial charge in [0.15, 0.2) is 0 Å². The standard InChI is InChI=1S/C17H18N4O3S2/c1-11(2)15(16(22)19-17-20-18-10-25-17)21-26(23,24)14-8-7-12-5-3-4-6-13(12)9-14/h3-11,15,21H,1-2H3,(H,19,20,22). The number of aromatic nitrogens is 2. The van der Waals surface area contributed by atoms with E-state index in [9.17, 15) is 13.2 Å². The van der Waals surface area contributed by atoms with Gasteiger partial charge in [-0.2, -0.15) is 4.72 Å². The molecule has 1 heterocycles. The molecule has 2 N–H and O–H groups in total. The van der Waals surface area contributed by atoms with Crippen LogP contribution in [0.2, 0.25) is 0 Å². The summed E-state index contributed by atoms with van der Waals surface area (Å²) < 4.78 is 28.1. The Morgan fingerprint density at radius 1 is 1.12 bits per heavy atom. The van der Waals surface area contributed by atoms with Gasteiger partial charge in [0.2, 0.25) is 21.1 Å². The van der Waals surface area contributed by atoms with Gasteiger partial charge in [0.1, 0.15) is 11.6 Å². The maximum atomic E-state index is 12.8. The predicted octanol–water partition coefficient (Wildman–Crippen LogP) is 2.63. The van der Waals surface area contributed by atoms with Crippen LogP contribution in [-0.2, 0) is 14.8 Å². The minimum atomic E-state index is -3.86. The lowest BCUT2D eigenvalue weighted by Gasteiger charge is -2.21. The molecule has 136 valence electrons. The summed E-state index contributed by atoms with van der Waals surface area (Å²) in [6.45, 7) is 3.54. The summed E-state index contributed by atoms with van der Waals surface area (Å²) in [6, 6.07) is 11.4. The Morgan fingerprint density at radius 3 is 2.50 bits per heavy atom. The van der Waals surface area contributed by atoms with E-state index in [-0.39, 0.29) is 10.8 Å². The second-order valence-electron chi connectivity index (χ2n) is 6.09. The van der Waals surface area contributed by atoms with E-state index >= 15 is 0 Å². The van der Waals surface area contributed by atoms with Gasteiger partial charge in [-0.1, -0.05) is 55.5 Å². The zero-order valence-corrected chi connectivity index (χ0v) is 15.8. The normalized spacial score (nSPS) is 13.0. The molecule has 1 atom stereocenters. The molecule has 7 nitrogen and oxygen atoms in total. The molecule has 3 rings (SSSR count). The second kappa shape index (κ2) is 7.48. The highest BCUT2D eigenvalue weighted by molar-refractivity contribution is 7.89. The minimum absolute atomic E-state index is 0.116. The van der Waals surface area contributed by atoms with Gasteiger partial charge in [0, 0.05) is 0 Å². The Kier molecular flexibility index (Phi) is 5.30. The van der Waals surface area contributed by atoms with E-state index < -0.39 is 22.0 Å². The number of benzene rings is 2. The van der Waals surface area contributed by atoms with Crippen molar-refractivity contribution in [2.24, 2.45) is 5.92 Å². The maximum absolute atomic E-state index is 12.8. The highest BCUT2D eigenvalue weighted by Crippen LogP contribution is 2.20. The van der Waals surface area contributed by atoms with Gasteiger partial charge in [-0.3, -0.25) is 10.1 Å². The number of sulfonamides is 1. The first-order valence-corrected chi connectivity index (χ1v) is 10.3. The Morgan fingerprint density at radius 2 is 1.85 bits per heavy atom. The molecule has 9 heteroatoms. The molecule has 1 amide bonds. The third-order valence-corrected chi connectivity index (χ3v) is 5.90. The van der Waals surface area contributed by atoms with E-state index in [2.05, 4.69) is 20.2 Å². The molecular weight excluding hydrogens is 372 g/mol. The lowest BCUT2D eigenvalue weighted by Crippen LogP contribution is -2.47. The number of amides is 1. The van der Waals surface area contributed by atoms with Gasteiger partial charge < -0.3 is 0 Å². The summed E-state index contributed by atoms with van der Waals surface area (Å²) in [6.07, 6.45) is 0. The summed E-state index contributed by atoms with van der Waals surface area (Å²) in [4.78, 5) is 12.6. The first-order valence-electron chi connectivity index (χ1n) is 7.95. The molecule has 0 fully saturated rings. The van der Waals surface area contributed by atoms with E-state index in [1.807, 2.05) is 24.3 Å². The smallest absolute Gasteiger partial charge is 0.244 e. The summed E-state index contributed by atoms with van der Waals surface area (Å²) in [7, 11) is -3.86. The van der Waals surface area contributed by atoms with Crippen LogP contribution in [0.3, 0.4) is 0 Å². The second-order valence-corrected chi connectivity index (χ2v) is 8.63. The molecule has 1 aromatic heterocycles. The molecule has 0 bridgehead atoms. The Labute approximate surface area is 155 Å². The summed E-state index contributed by atoms with van der Waals surface area (Å²) in [5, 5.41) is 12.1. The van der Waals surface area contributed by atoms with Crippen molar-refractivity contribution in [2.45, 2.75) is 24.8 Å². The van der Waals surface area contributed by atoms with Gasteiger partial charge in [-0.25, -0.2) is 8.42 Å². The summed E-state index contributed by atoms with van der Waals surface area (Å²) in [5.41, 5.74) is 1.49. The van der Waals surface area contributed by atoms with Gasteiger partial charge in [-0.15, -0.1) is 10.2 Å². The first kappa shape index (κ1) is 18.4. The molecule has 3 aromatic rings. The fraction of sp³-hybridized carbons (Fsp3) is 0.235. The zero-order valence-electron chi connectivity index (χ0n) is 14.2. The van der Waals surface area contributed by atoms with Crippen LogP contribution in [0.5, 0.6) is 0 Å². The summed E-state index contributed by atoms with van der Waals surface area (Å²) in [5.74, 6) is -0.723. The van der Waals surface area contributed by atoms with E-state index in [4.69, 9.17) is 0 Å². The molecule has 0 aliphatic heterocycles. The van der Waals surface area contributed by atoms with Gasteiger partial charge in [0.05, 0.1) is 4.90 Å². The average molecular weight is 390 g/mol. The van der Waals surface area contributed by atoms with Gasteiger partial charge in [0.25, 0.3) is 0 Å². The molecule has 0 saturated carbocycles. The molecule has 0 radical (unpaired) electrons. The van der Waals surface area contributed by atoms with Crippen LogP contribution >= 0.6 is 11.3 Å². The zero-order chi connectivity index (χ0) is 18.7. The number of hydrogen-bond acceptors (Lipinski definition) is 6. The van der Waals surface area contributed by atoms with E-state index in [1.54, 1.807) is 26.0 Å². The lowest BCUT2D eigenvalue weighted by molar-refractivity contribution is -0.118. The maximum Gasteiger partial charge on any atom is 0.244 e. The number of nitrogens with one attached hydrogen (secondary N) is 2. The third-order valence-electron chi connectivity index (χ3n) is 3.85. The highest BCUT2D eigenvalue weighted by atomic mass is 32.2. The van der Waals surface area contributed by atoms with Crippen LogP contribution in [0.15, 0.2) is 52.9 Å². The largest absolute Gasteiger partial charge is 0.299 e. The van der Waals surface area contributed by atoms with Crippen molar-refractivity contribution in [2.75, 3.05) is 5.32 Å². The van der Waals surface area contributed by atoms with Crippen LogP contribution < -0.4 is 10.0 Å². The molecule has 2 aromatic carbocycles. The van der Waals surface area contributed by atoms with E-state index in [0.717, 1.165) is 22.1 Å². The number of rotatable bonds is 6. The number of carbonyl (C=O) groups is 1.